The molecular formula is C18H17FN2O. The van der Waals surface area contributed by atoms with E-state index in [1.807, 2.05) is 26.0 Å². The van der Waals surface area contributed by atoms with Gasteiger partial charge in [0.1, 0.15) is 5.82 Å². The summed E-state index contributed by atoms with van der Waals surface area (Å²) >= 11 is 0. The molecule has 0 aliphatic carbocycles. The van der Waals surface area contributed by atoms with E-state index in [9.17, 15) is 9.18 Å². The van der Waals surface area contributed by atoms with Crippen molar-refractivity contribution in [2.24, 2.45) is 0 Å². The number of aromatic nitrogens is 1. The average Bonchev–Trinajstić information content (AvgIpc) is 2.77. The molecule has 0 unspecified atom stereocenters. The molecular weight excluding hydrogens is 279 g/mol. The summed E-state index contributed by atoms with van der Waals surface area (Å²) in [5.74, 6) is -0.432. The predicted molar refractivity (Wildman–Crippen MR) is 86.5 cm³/mol. The van der Waals surface area contributed by atoms with Crippen molar-refractivity contribution in [1.29, 1.82) is 0 Å². The van der Waals surface area contributed by atoms with Crippen LogP contribution in [0.3, 0.4) is 0 Å². The number of rotatable bonds is 3. The fourth-order valence-electron chi connectivity index (χ4n) is 2.62. The highest BCUT2D eigenvalue weighted by Gasteiger charge is 2.13. The number of carbonyl (C=O) groups excluding carboxylic acids is 1. The summed E-state index contributed by atoms with van der Waals surface area (Å²) < 4.78 is 12.9. The van der Waals surface area contributed by atoms with Gasteiger partial charge in [0.2, 0.25) is 5.91 Å². The lowest BCUT2D eigenvalue weighted by atomic mass is 10.1. The minimum atomic E-state index is -0.319. The molecule has 0 aliphatic rings. The van der Waals surface area contributed by atoms with Crippen LogP contribution >= 0.6 is 0 Å². The Morgan fingerprint density at radius 1 is 1.14 bits per heavy atom. The van der Waals surface area contributed by atoms with Crippen molar-refractivity contribution >= 4 is 22.5 Å². The quantitative estimate of drug-likeness (QED) is 0.750. The summed E-state index contributed by atoms with van der Waals surface area (Å²) in [6.45, 7) is 4.00. The van der Waals surface area contributed by atoms with Crippen LogP contribution in [-0.4, -0.2) is 10.9 Å². The fraction of sp³-hybridized carbons (Fsp3) is 0.167. The van der Waals surface area contributed by atoms with Gasteiger partial charge in [-0.2, -0.15) is 0 Å². The normalized spacial score (nSPS) is 10.9. The minimum Gasteiger partial charge on any atom is -0.358 e. The van der Waals surface area contributed by atoms with Crippen molar-refractivity contribution in [2.75, 3.05) is 5.32 Å². The number of hydrogen-bond donors (Lipinski definition) is 2. The van der Waals surface area contributed by atoms with Crippen LogP contribution in [0, 0.1) is 19.7 Å². The van der Waals surface area contributed by atoms with Gasteiger partial charge in [-0.25, -0.2) is 4.39 Å². The molecule has 0 atom stereocenters. The summed E-state index contributed by atoms with van der Waals surface area (Å²) in [7, 11) is 0. The maximum atomic E-state index is 12.9. The zero-order valence-corrected chi connectivity index (χ0v) is 12.5. The molecule has 22 heavy (non-hydrogen) atoms. The Kier molecular flexibility index (Phi) is 3.67. The average molecular weight is 296 g/mol. The zero-order valence-electron chi connectivity index (χ0n) is 12.5. The first-order valence-corrected chi connectivity index (χ1v) is 7.16. The molecule has 0 fully saturated rings. The lowest BCUT2D eigenvalue weighted by Gasteiger charge is -2.06. The number of halogens is 1. The summed E-state index contributed by atoms with van der Waals surface area (Å²) in [6, 6.07) is 11.9. The molecule has 0 bridgehead atoms. The number of benzene rings is 2. The number of carbonyl (C=O) groups is 1. The van der Waals surface area contributed by atoms with E-state index >= 15 is 0 Å². The second-order valence-corrected chi connectivity index (χ2v) is 5.51. The van der Waals surface area contributed by atoms with Gasteiger partial charge in [0, 0.05) is 22.3 Å². The van der Waals surface area contributed by atoms with E-state index in [0.717, 1.165) is 27.7 Å². The standard InChI is InChI=1S/C18H17FN2O/c1-11-3-8-17-16(9-11)15(12(2)20-17)10-18(22)21-14-6-4-13(19)5-7-14/h3-9,20H,10H2,1-2H3,(H,21,22). The predicted octanol–water partition coefficient (Wildman–Crippen LogP) is 4.11. The molecule has 2 aromatic carbocycles. The molecule has 3 rings (SSSR count). The zero-order chi connectivity index (χ0) is 15.7. The summed E-state index contributed by atoms with van der Waals surface area (Å²) in [5.41, 5.74) is 4.78. The molecule has 0 saturated heterocycles. The molecule has 0 spiro atoms. The Bertz CT molecular complexity index is 834. The number of aromatic amines is 1. The molecule has 1 heterocycles. The van der Waals surface area contributed by atoms with E-state index in [2.05, 4.69) is 16.4 Å². The van der Waals surface area contributed by atoms with Crippen LogP contribution < -0.4 is 5.32 Å². The highest BCUT2D eigenvalue weighted by atomic mass is 19.1. The molecule has 3 nitrogen and oxygen atoms in total. The number of nitrogens with one attached hydrogen (secondary N) is 2. The largest absolute Gasteiger partial charge is 0.358 e. The first-order valence-electron chi connectivity index (χ1n) is 7.16. The van der Waals surface area contributed by atoms with Crippen LogP contribution in [0.5, 0.6) is 0 Å². The van der Waals surface area contributed by atoms with Crippen LogP contribution in [0.2, 0.25) is 0 Å². The Balaban J connectivity index is 1.83. The number of H-pyrrole nitrogens is 1. The van der Waals surface area contributed by atoms with Crippen LogP contribution in [0.1, 0.15) is 16.8 Å². The Morgan fingerprint density at radius 2 is 1.86 bits per heavy atom. The Hall–Kier alpha value is -2.62. The number of aryl methyl sites for hydroxylation is 2. The van der Waals surface area contributed by atoms with E-state index in [1.165, 1.54) is 12.1 Å². The Labute approximate surface area is 128 Å². The summed E-state index contributed by atoms with van der Waals surface area (Å²) in [4.78, 5) is 15.5. The maximum absolute atomic E-state index is 12.9. The second-order valence-electron chi connectivity index (χ2n) is 5.51. The third-order valence-corrected chi connectivity index (χ3v) is 3.74. The van der Waals surface area contributed by atoms with Crippen molar-refractivity contribution in [3.05, 3.63) is 65.1 Å². The van der Waals surface area contributed by atoms with E-state index in [1.54, 1.807) is 12.1 Å². The van der Waals surface area contributed by atoms with Gasteiger partial charge in [0.25, 0.3) is 0 Å². The van der Waals surface area contributed by atoms with Gasteiger partial charge in [0.15, 0.2) is 0 Å². The topological polar surface area (TPSA) is 44.9 Å². The van der Waals surface area contributed by atoms with Gasteiger partial charge in [-0.1, -0.05) is 11.6 Å². The van der Waals surface area contributed by atoms with Gasteiger partial charge in [0.05, 0.1) is 6.42 Å². The molecule has 112 valence electrons. The first-order chi connectivity index (χ1) is 10.5. The lowest BCUT2D eigenvalue weighted by Crippen LogP contribution is -2.14. The Morgan fingerprint density at radius 3 is 2.59 bits per heavy atom. The van der Waals surface area contributed by atoms with Crippen molar-refractivity contribution in [3.8, 4) is 0 Å². The SMILES string of the molecule is Cc1ccc2[nH]c(C)c(CC(=O)Nc3ccc(F)cc3)c2c1. The van der Waals surface area contributed by atoms with Crippen molar-refractivity contribution < 1.29 is 9.18 Å². The number of hydrogen-bond acceptors (Lipinski definition) is 1. The molecule has 0 radical (unpaired) electrons. The molecule has 4 heteroatoms. The van der Waals surface area contributed by atoms with Crippen molar-refractivity contribution in [3.63, 3.8) is 0 Å². The van der Waals surface area contributed by atoms with Crippen molar-refractivity contribution in [1.82, 2.24) is 4.98 Å². The smallest absolute Gasteiger partial charge is 0.228 e. The van der Waals surface area contributed by atoms with Crippen LogP contribution in [-0.2, 0) is 11.2 Å². The van der Waals surface area contributed by atoms with Gasteiger partial charge in [-0.05, 0) is 55.8 Å². The minimum absolute atomic E-state index is 0.114. The van der Waals surface area contributed by atoms with Crippen molar-refractivity contribution in [2.45, 2.75) is 20.3 Å². The fourth-order valence-corrected chi connectivity index (χ4v) is 2.62. The first kappa shape index (κ1) is 14.3. The van der Waals surface area contributed by atoms with Crippen LogP contribution in [0.4, 0.5) is 10.1 Å². The number of fused-ring (bicyclic) bond motifs is 1. The maximum Gasteiger partial charge on any atom is 0.228 e. The third-order valence-electron chi connectivity index (χ3n) is 3.74. The van der Waals surface area contributed by atoms with Gasteiger partial charge in [-0.3, -0.25) is 4.79 Å². The van der Waals surface area contributed by atoms with Gasteiger partial charge >= 0.3 is 0 Å². The molecule has 0 aliphatic heterocycles. The highest BCUT2D eigenvalue weighted by Crippen LogP contribution is 2.24. The van der Waals surface area contributed by atoms with Crippen LogP contribution in [0.15, 0.2) is 42.5 Å². The number of amides is 1. The molecule has 2 N–H and O–H groups in total. The van der Waals surface area contributed by atoms with Gasteiger partial charge in [-0.15, -0.1) is 0 Å². The molecule has 1 aromatic heterocycles. The lowest BCUT2D eigenvalue weighted by molar-refractivity contribution is -0.115. The van der Waals surface area contributed by atoms with Crippen LogP contribution in [0.25, 0.3) is 10.9 Å². The summed E-state index contributed by atoms with van der Waals surface area (Å²) in [5, 5.41) is 3.87. The van der Waals surface area contributed by atoms with Gasteiger partial charge < -0.3 is 10.3 Å². The highest BCUT2D eigenvalue weighted by molar-refractivity contribution is 5.96. The van der Waals surface area contributed by atoms with E-state index in [0.29, 0.717) is 5.69 Å². The van der Waals surface area contributed by atoms with E-state index < -0.39 is 0 Å². The van der Waals surface area contributed by atoms with E-state index in [4.69, 9.17) is 0 Å². The molecule has 3 aromatic rings. The summed E-state index contributed by atoms with van der Waals surface area (Å²) in [6.07, 6.45) is 0.284. The molecule has 0 saturated carbocycles. The third kappa shape index (κ3) is 2.86. The number of anilines is 1. The van der Waals surface area contributed by atoms with E-state index in [-0.39, 0.29) is 18.1 Å². The monoisotopic (exact) mass is 296 g/mol. The molecule has 1 amide bonds. The second kappa shape index (κ2) is 5.64.